The van der Waals surface area contributed by atoms with E-state index in [1.54, 1.807) is 18.4 Å². The molecular formula is C13H18N4OS. The third-order valence-electron chi connectivity index (χ3n) is 3.13. The van der Waals surface area contributed by atoms with Gasteiger partial charge in [-0.15, -0.1) is 11.3 Å². The lowest BCUT2D eigenvalue weighted by atomic mass is 10.4. The number of hydrogen-bond acceptors (Lipinski definition) is 5. The van der Waals surface area contributed by atoms with Crippen molar-refractivity contribution in [2.45, 2.75) is 31.8 Å². The van der Waals surface area contributed by atoms with Gasteiger partial charge in [0.1, 0.15) is 0 Å². The van der Waals surface area contributed by atoms with E-state index in [-0.39, 0.29) is 0 Å². The highest BCUT2D eigenvalue weighted by Gasteiger charge is 2.26. The van der Waals surface area contributed by atoms with Crippen molar-refractivity contribution < 1.29 is 4.74 Å². The molecule has 1 fully saturated rings. The standard InChI is InChI=1S/C13H18N4OS/c1-18-5-4-17-8-11(7-15-17)14-6-12-9-19-13(16-12)10-2-3-10/h7-10,14H,2-6H2,1H3. The molecule has 1 aliphatic rings. The fraction of sp³-hybridized carbons (Fsp3) is 0.538. The lowest BCUT2D eigenvalue weighted by Crippen LogP contribution is -2.04. The minimum Gasteiger partial charge on any atom is -0.383 e. The molecule has 5 nitrogen and oxygen atoms in total. The first-order chi connectivity index (χ1) is 9.35. The second-order valence-electron chi connectivity index (χ2n) is 4.79. The Kier molecular flexibility index (Phi) is 3.79. The highest BCUT2D eigenvalue weighted by molar-refractivity contribution is 7.09. The smallest absolute Gasteiger partial charge is 0.0960 e. The molecule has 6 heteroatoms. The molecule has 0 bridgehead atoms. The normalized spacial score (nSPS) is 14.8. The molecule has 3 rings (SSSR count). The molecule has 1 saturated carbocycles. The molecular weight excluding hydrogens is 260 g/mol. The monoisotopic (exact) mass is 278 g/mol. The minimum absolute atomic E-state index is 0.679. The van der Waals surface area contributed by atoms with Crippen LogP contribution in [0.1, 0.15) is 29.5 Å². The van der Waals surface area contributed by atoms with E-state index in [1.807, 2.05) is 17.1 Å². The van der Waals surface area contributed by atoms with Crippen molar-refractivity contribution in [2.24, 2.45) is 0 Å². The van der Waals surface area contributed by atoms with Crippen LogP contribution >= 0.6 is 11.3 Å². The van der Waals surface area contributed by atoms with Crippen molar-refractivity contribution in [3.05, 3.63) is 28.5 Å². The molecule has 1 N–H and O–H groups in total. The number of thiazole rings is 1. The van der Waals surface area contributed by atoms with Gasteiger partial charge in [-0.2, -0.15) is 5.10 Å². The van der Waals surface area contributed by atoms with Crippen molar-refractivity contribution in [2.75, 3.05) is 19.0 Å². The van der Waals surface area contributed by atoms with Crippen LogP contribution in [0.4, 0.5) is 5.69 Å². The molecule has 2 aromatic heterocycles. The molecule has 0 unspecified atom stereocenters. The Morgan fingerprint density at radius 3 is 3.21 bits per heavy atom. The van der Waals surface area contributed by atoms with Crippen LogP contribution in [0.25, 0.3) is 0 Å². The van der Waals surface area contributed by atoms with Gasteiger partial charge >= 0.3 is 0 Å². The molecule has 1 aliphatic carbocycles. The van der Waals surface area contributed by atoms with Gasteiger partial charge in [0.2, 0.25) is 0 Å². The Hall–Kier alpha value is -1.40. The molecule has 2 aromatic rings. The lowest BCUT2D eigenvalue weighted by Gasteiger charge is -2.00. The van der Waals surface area contributed by atoms with Gasteiger partial charge in [0.25, 0.3) is 0 Å². The number of rotatable bonds is 7. The molecule has 2 heterocycles. The van der Waals surface area contributed by atoms with Crippen LogP contribution in [0, 0.1) is 0 Å². The minimum atomic E-state index is 0.679. The Labute approximate surface area is 116 Å². The molecule has 0 aromatic carbocycles. The van der Waals surface area contributed by atoms with Crippen LogP contribution in [-0.4, -0.2) is 28.5 Å². The van der Waals surface area contributed by atoms with Gasteiger partial charge in [-0.05, 0) is 12.8 Å². The Morgan fingerprint density at radius 1 is 1.53 bits per heavy atom. The molecule has 102 valence electrons. The molecule has 0 spiro atoms. The SMILES string of the molecule is COCCn1cc(NCc2csc(C3CC3)n2)cn1. The van der Waals surface area contributed by atoms with E-state index in [1.165, 1.54) is 17.8 Å². The van der Waals surface area contributed by atoms with Crippen LogP contribution in [0.3, 0.4) is 0 Å². The van der Waals surface area contributed by atoms with E-state index in [0.29, 0.717) is 6.61 Å². The van der Waals surface area contributed by atoms with Gasteiger partial charge < -0.3 is 10.1 Å². The summed E-state index contributed by atoms with van der Waals surface area (Å²) in [5, 5.41) is 11.1. The third kappa shape index (κ3) is 3.33. The van der Waals surface area contributed by atoms with Gasteiger partial charge in [-0.25, -0.2) is 4.98 Å². The first-order valence-corrected chi connectivity index (χ1v) is 7.42. The fourth-order valence-electron chi connectivity index (χ4n) is 1.88. The molecule has 0 aliphatic heterocycles. The molecule has 0 radical (unpaired) electrons. The number of aromatic nitrogens is 3. The average Bonchev–Trinajstić information content (AvgIpc) is 3.01. The van der Waals surface area contributed by atoms with Gasteiger partial charge in [-0.3, -0.25) is 4.68 Å². The van der Waals surface area contributed by atoms with Gasteiger partial charge in [0.15, 0.2) is 0 Å². The summed E-state index contributed by atoms with van der Waals surface area (Å²) in [4.78, 5) is 4.65. The number of methoxy groups -OCH3 is 1. The topological polar surface area (TPSA) is 52.0 Å². The maximum atomic E-state index is 5.03. The predicted octanol–water partition coefficient (Wildman–Crippen LogP) is 2.48. The summed E-state index contributed by atoms with van der Waals surface area (Å²) in [6, 6.07) is 0. The van der Waals surface area contributed by atoms with Crippen molar-refractivity contribution in [3.8, 4) is 0 Å². The van der Waals surface area contributed by atoms with Gasteiger partial charge in [0, 0.05) is 24.6 Å². The van der Waals surface area contributed by atoms with E-state index in [4.69, 9.17) is 4.74 Å². The Bertz CT molecular complexity index is 532. The Morgan fingerprint density at radius 2 is 2.42 bits per heavy atom. The van der Waals surface area contributed by atoms with E-state index < -0.39 is 0 Å². The predicted molar refractivity (Wildman–Crippen MR) is 75.5 cm³/mol. The maximum Gasteiger partial charge on any atom is 0.0960 e. The Balaban J connectivity index is 1.51. The zero-order valence-electron chi connectivity index (χ0n) is 11.0. The number of nitrogens with zero attached hydrogens (tertiary/aromatic N) is 3. The highest BCUT2D eigenvalue weighted by atomic mass is 32.1. The summed E-state index contributed by atoms with van der Waals surface area (Å²) >= 11 is 1.78. The van der Waals surface area contributed by atoms with E-state index in [9.17, 15) is 0 Å². The summed E-state index contributed by atoms with van der Waals surface area (Å²) < 4.78 is 6.90. The van der Waals surface area contributed by atoms with Crippen LogP contribution in [0.15, 0.2) is 17.8 Å². The third-order valence-corrected chi connectivity index (χ3v) is 4.18. The summed E-state index contributed by atoms with van der Waals surface area (Å²) in [6.07, 6.45) is 6.45. The zero-order chi connectivity index (χ0) is 13.1. The number of anilines is 1. The van der Waals surface area contributed by atoms with Crippen LogP contribution in [0.2, 0.25) is 0 Å². The zero-order valence-corrected chi connectivity index (χ0v) is 11.8. The summed E-state index contributed by atoms with van der Waals surface area (Å²) in [6.45, 7) is 2.22. The number of nitrogens with one attached hydrogen (secondary N) is 1. The molecule has 19 heavy (non-hydrogen) atoms. The molecule has 0 amide bonds. The van der Waals surface area contributed by atoms with Crippen LogP contribution in [0.5, 0.6) is 0 Å². The van der Waals surface area contributed by atoms with E-state index in [2.05, 4.69) is 20.8 Å². The maximum absolute atomic E-state index is 5.03. The van der Waals surface area contributed by atoms with Crippen LogP contribution < -0.4 is 5.32 Å². The van der Waals surface area contributed by atoms with Crippen molar-refractivity contribution >= 4 is 17.0 Å². The number of hydrogen-bond donors (Lipinski definition) is 1. The van der Waals surface area contributed by atoms with Crippen molar-refractivity contribution in [1.29, 1.82) is 0 Å². The highest BCUT2D eigenvalue weighted by Crippen LogP contribution is 2.41. The quantitative estimate of drug-likeness (QED) is 0.845. The first kappa shape index (κ1) is 12.6. The summed E-state index contributed by atoms with van der Waals surface area (Å²) in [5.74, 6) is 0.746. The van der Waals surface area contributed by atoms with Gasteiger partial charge in [0.05, 0.1) is 42.3 Å². The van der Waals surface area contributed by atoms with Crippen molar-refractivity contribution in [1.82, 2.24) is 14.8 Å². The number of ether oxygens (including phenoxy) is 1. The molecule has 0 atom stereocenters. The summed E-state index contributed by atoms with van der Waals surface area (Å²) in [7, 11) is 1.70. The van der Waals surface area contributed by atoms with E-state index in [0.717, 1.165) is 30.4 Å². The average molecular weight is 278 g/mol. The van der Waals surface area contributed by atoms with Crippen molar-refractivity contribution in [3.63, 3.8) is 0 Å². The summed E-state index contributed by atoms with van der Waals surface area (Å²) in [5.41, 5.74) is 2.15. The first-order valence-electron chi connectivity index (χ1n) is 6.54. The van der Waals surface area contributed by atoms with Crippen LogP contribution in [-0.2, 0) is 17.8 Å². The van der Waals surface area contributed by atoms with E-state index >= 15 is 0 Å². The largest absolute Gasteiger partial charge is 0.383 e. The lowest BCUT2D eigenvalue weighted by molar-refractivity contribution is 0.183. The second kappa shape index (κ2) is 5.71. The molecule has 0 saturated heterocycles. The second-order valence-corrected chi connectivity index (χ2v) is 5.68. The fourth-order valence-corrected chi connectivity index (χ4v) is 2.87. The van der Waals surface area contributed by atoms with Gasteiger partial charge in [-0.1, -0.05) is 0 Å².